The van der Waals surface area contributed by atoms with Gasteiger partial charge in [0.05, 0.1) is 12.2 Å². The van der Waals surface area contributed by atoms with Gasteiger partial charge in [0.15, 0.2) is 4.77 Å². The van der Waals surface area contributed by atoms with Crippen molar-refractivity contribution in [3.8, 4) is 0 Å². The van der Waals surface area contributed by atoms with Crippen molar-refractivity contribution in [3.05, 3.63) is 26.9 Å². The fraction of sp³-hybridized carbons (Fsp3) is 0.600. The van der Waals surface area contributed by atoms with Gasteiger partial charge in [-0.15, -0.1) is 0 Å². The third-order valence-electron chi connectivity index (χ3n) is 2.98. The monoisotopic (exact) mass is 274 g/mol. The van der Waals surface area contributed by atoms with Crippen LogP contribution in [0.15, 0.2) is 11.0 Å². The molecule has 18 heavy (non-hydrogen) atoms. The highest BCUT2D eigenvalue weighted by Gasteiger charge is 2.44. The highest BCUT2D eigenvalue weighted by atomic mass is 32.1. The number of aryl methyl sites for hydroxylation is 1. The van der Waals surface area contributed by atoms with Crippen molar-refractivity contribution < 1.29 is 20.1 Å². The van der Waals surface area contributed by atoms with Crippen molar-refractivity contribution in [2.45, 2.75) is 24.4 Å². The molecule has 1 aromatic rings. The van der Waals surface area contributed by atoms with Gasteiger partial charge in [-0.2, -0.15) is 0 Å². The number of rotatable bonds is 2. The quantitative estimate of drug-likeness (QED) is 0.494. The molecule has 8 heteroatoms. The number of hydrogen-bond donors (Lipinski definition) is 4. The smallest absolute Gasteiger partial charge is 0.257 e. The Morgan fingerprint density at radius 1 is 1.50 bits per heavy atom. The zero-order valence-corrected chi connectivity index (χ0v) is 10.4. The van der Waals surface area contributed by atoms with Gasteiger partial charge < -0.3 is 24.6 Å². The first-order chi connectivity index (χ1) is 8.45. The zero-order chi connectivity index (χ0) is 13.4. The maximum Gasteiger partial charge on any atom is 0.257 e. The van der Waals surface area contributed by atoms with E-state index in [-0.39, 0.29) is 10.3 Å². The minimum atomic E-state index is -1.26. The fourth-order valence-electron chi connectivity index (χ4n) is 1.94. The van der Waals surface area contributed by atoms with Crippen molar-refractivity contribution in [1.82, 2.24) is 9.55 Å². The number of aliphatic hydroxyl groups excluding tert-OH is 3. The molecule has 2 unspecified atom stereocenters. The largest absolute Gasteiger partial charge is 0.394 e. The first kappa shape index (κ1) is 13.4. The molecule has 2 rings (SSSR count). The fourth-order valence-corrected chi connectivity index (χ4v) is 2.09. The number of nitrogens with zero attached hydrogens (tertiary/aromatic N) is 1. The summed E-state index contributed by atoms with van der Waals surface area (Å²) in [4.78, 5) is 14.2. The van der Waals surface area contributed by atoms with E-state index in [4.69, 9.17) is 22.1 Å². The third-order valence-corrected chi connectivity index (χ3v) is 3.37. The molecule has 4 atom stereocenters. The van der Waals surface area contributed by atoms with Gasteiger partial charge in [-0.1, -0.05) is 0 Å². The highest BCUT2D eigenvalue weighted by molar-refractivity contribution is 7.71. The van der Waals surface area contributed by atoms with Crippen LogP contribution in [-0.2, 0) is 11.8 Å². The molecule has 0 aliphatic carbocycles. The van der Waals surface area contributed by atoms with Gasteiger partial charge in [0.25, 0.3) is 5.56 Å². The molecule has 0 spiro atoms. The minimum absolute atomic E-state index is 0.161. The number of aromatic nitrogens is 2. The van der Waals surface area contributed by atoms with E-state index < -0.39 is 36.6 Å². The Morgan fingerprint density at radius 2 is 2.17 bits per heavy atom. The molecule has 0 saturated carbocycles. The van der Waals surface area contributed by atoms with E-state index in [0.29, 0.717) is 0 Å². The van der Waals surface area contributed by atoms with Crippen molar-refractivity contribution in [3.63, 3.8) is 0 Å². The van der Waals surface area contributed by atoms with Gasteiger partial charge in [-0.3, -0.25) is 9.78 Å². The van der Waals surface area contributed by atoms with Gasteiger partial charge in [0, 0.05) is 13.2 Å². The minimum Gasteiger partial charge on any atom is -0.394 e. The summed E-state index contributed by atoms with van der Waals surface area (Å²) in [5, 5.41) is 28.4. The van der Waals surface area contributed by atoms with Crippen LogP contribution < -0.4 is 5.56 Å². The second kappa shape index (κ2) is 4.90. The first-order valence-electron chi connectivity index (χ1n) is 5.38. The summed E-state index contributed by atoms with van der Waals surface area (Å²) < 4.78 is 7.03. The number of ether oxygens (including phenoxy) is 1. The first-order valence-corrected chi connectivity index (χ1v) is 5.79. The summed E-state index contributed by atoms with van der Waals surface area (Å²) in [5.41, 5.74) is -0.318. The van der Waals surface area contributed by atoms with E-state index in [1.165, 1.54) is 10.8 Å². The lowest BCUT2D eigenvalue weighted by molar-refractivity contribution is -0.0233. The molecule has 0 aromatic carbocycles. The Labute approximate surface area is 107 Å². The Hall–Kier alpha value is -1.06. The summed E-state index contributed by atoms with van der Waals surface area (Å²) in [5.74, 6) is 0. The molecular formula is C10H14N2O5S. The molecule has 100 valence electrons. The van der Waals surface area contributed by atoms with Crippen LogP contribution in [0.25, 0.3) is 0 Å². The molecule has 2 heterocycles. The molecular weight excluding hydrogens is 260 g/mol. The van der Waals surface area contributed by atoms with Crippen LogP contribution in [-0.4, -0.2) is 49.8 Å². The van der Waals surface area contributed by atoms with Gasteiger partial charge in [0.2, 0.25) is 0 Å². The molecule has 0 bridgehead atoms. The van der Waals surface area contributed by atoms with Crippen molar-refractivity contribution >= 4 is 12.2 Å². The zero-order valence-electron chi connectivity index (χ0n) is 9.61. The van der Waals surface area contributed by atoms with Crippen LogP contribution in [0, 0.1) is 4.77 Å². The number of H-pyrrole nitrogens is 1. The molecule has 1 aliphatic heterocycles. The van der Waals surface area contributed by atoms with Crippen LogP contribution in [0.4, 0.5) is 0 Å². The normalized spacial score (nSPS) is 31.8. The standard InChI is InChI=1S/C10H14N2O5S/c1-12-2-4(9(16)11-10(12)18)8-7(15)6(14)5(3-13)17-8/h2,5-8,13-15H,3H2,1H3,(H,11,16,18)/t5-,6?,7?,8+/m1/s1. The average molecular weight is 274 g/mol. The summed E-state index contributed by atoms with van der Waals surface area (Å²) in [7, 11) is 1.64. The molecule has 0 radical (unpaired) electrons. The highest BCUT2D eigenvalue weighted by Crippen LogP contribution is 2.31. The second-order valence-electron chi connectivity index (χ2n) is 4.21. The predicted molar refractivity (Wildman–Crippen MR) is 63.6 cm³/mol. The summed E-state index contributed by atoms with van der Waals surface area (Å²) in [6.07, 6.45) is -2.94. The molecule has 7 nitrogen and oxygen atoms in total. The predicted octanol–water partition coefficient (Wildman–Crippen LogP) is -1.40. The maximum atomic E-state index is 11.8. The van der Waals surface area contributed by atoms with Crippen molar-refractivity contribution in [2.24, 2.45) is 7.05 Å². The van der Waals surface area contributed by atoms with E-state index in [2.05, 4.69) is 4.98 Å². The van der Waals surface area contributed by atoms with E-state index in [1.54, 1.807) is 7.05 Å². The van der Waals surface area contributed by atoms with Crippen LogP contribution in [0.1, 0.15) is 11.7 Å². The number of aliphatic hydroxyl groups is 3. The molecule has 1 fully saturated rings. The molecule has 0 amide bonds. The maximum absolute atomic E-state index is 11.8. The summed E-state index contributed by atoms with van der Waals surface area (Å²) in [6, 6.07) is 0. The lowest BCUT2D eigenvalue weighted by Gasteiger charge is -2.14. The third kappa shape index (κ3) is 2.13. The average Bonchev–Trinajstić information content (AvgIpc) is 2.61. The number of hydrogen-bond acceptors (Lipinski definition) is 6. The van der Waals surface area contributed by atoms with E-state index in [9.17, 15) is 15.0 Å². The molecule has 1 aromatic heterocycles. The Kier molecular flexibility index (Phi) is 3.64. The van der Waals surface area contributed by atoms with Gasteiger partial charge in [-0.25, -0.2) is 0 Å². The summed E-state index contributed by atoms with van der Waals surface area (Å²) >= 11 is 4.89. The Bertz CT molecular complexity index is 554. The second-order valence-corrected chi connectivity index (χ2v) is 4.60. The van der Waals surface area contributed by atoms with Crippen LogP contribution >= 0.6 is 12.2 Å². The van der Waals surface area contributed by atoms with Crippen molar-refractivity contribution in [2.75, 3.05) is 6.61 Å². The van der Waals surface area contributed by atoms with Crippen LogP contribution in [0.5, 0.6) is 0 Å². The van der Waals surface area contributed by atoms with E-state index >= 15 is 0 Å². The SMILES string of the molecule is Cn1cc([C@@H]2O[C@H](CO)C(O)C2O)c(=O)[nH]c1=S. The van der Waals surface area contributed by atoms with Gasteiger partial charge in [-0.05, 0) is 12.2 Å². The summed E-state index contributed by atoms with van der Waals surface area (Å²) in [6.45, 7) is -0.433. The lowest BCUT2D eigenvalue weighted by Crippen LogP contribution is -2.33. The van der Waals surface area contributed by atoms with E-state index in [0.717, 1.165) is 0 Å². The molecule has 1 aliphatic rings. The lowest BCUT2D eigenvalue weighted by atomic mass is 10.0. The van der Waals surface area contributed by atoms with Crippen LogP contribution in [0.3, 0.4) is 0 Å². The van der Waals surface area contributed by atoms with E-state index in [1.807, 2.05) is 0 Å². The molecule has 1 saturated heterocycles. The Morgan fingerprint density at radius 3 is 2.72 bits per heavy atom. The van der Waals surface area contributed by atoms with Crippen molar-refractivity contribution in [1.29, 1.82) is 0 Å². The van der Waals surface area contributed by atoms with Gasteiger partial charge >= 0.3 is 0 Å². The number of nitrogens with one attached hydrogen (secondary N) is 1. The molecule has 4 N–H and O–H groups in total. The van der Waals surface area contributed by atoms with Gasteiger partial charge in [0.1, 0.15) is 24.4 Å². The Balaban J connectivity index is 2.42. The topological polar surface area (TPSA) is 108 Å². The van der Waals surface area contributed by atoms with Crippen LogP contribution in [0.2, 0.25) is 0 Å². The number of aromatic amines is 1.